The second kappa shape index (κ2) is 6.29. The van der Waals surface area contributed by atoms with Crippen molar-refractivity contribution in [2.75, 3.05) is 11.9 Å². The lowest BCUT2D eigenvalue weighted by atomic mass is 10.0. The maximum atomic E-state index is 11.7. The van der Waals surface area contributed by atoms with Gasteiger partial charge in [0.15, 0.2) is 5.13 Å². The summed E-state index contributed by atoms with van der Waals surface area (Å²) in [7, 11) is 0. The Bertz CT molecular complexity index is 391. The first-order chi connectivity index (χ1) is 8.65. The summed E-state index contributed by atoms with van der Waals surface area (Å²) in [5.74, 6) is 0.0502. The Morgan fingerprint density at radius 3 is 2.89 bits per heavy atom. The Balaban J connectivity index is 1.81. The largest absolute Gasteiger partial charge is 0.314 e. The lowest BCUT2D eigenvalue weighted by molar-refractivity contribution is -0.116. The molecule has 18 heavy (non-hydrogen) atoms. The molecule has 100 valence electrons. The molecule has 0 radical (unpaired) electrons. The second-order valence-electron chi connectivity index (χ2n) is 5.00. The minimum Gasteiger partial charge on any atom is -0.314 e. The van der Waals surface area contributed by atoms with Crippen LogP contribution < -0.4 is 10.6 Å². The number of nitrogens with zero attached hydrogens (tertiary/aromatic N) is 1. The van der Waals surface area contributed by atoms with Crippen molar-refractivity contribution < 1.29 is 4.79 Å². The molecule has 1 aromatic rings. The Morgan fingerprint density at radius 1 is 1.39 bits per heavy atom. The number of aryl methyl sites for hydroxylation is 2. The van der Waals surface area contributed by atoms with E-state index in [0.29, 0.717) is 19.0 Å². The SMILES string of the molecule is CC(C)NCCC(=O)Nc1nc2c(s1)CCCC2. The van der Waals surface area contributed by atoms with Crippen LogP contribution in [0.1, 0.15) is 43.7 Å². The van der Waals surface area contributed by atoms with Crippen LogP contribution in [0, 0.1) is 0 Å². The number of hydrogen-bond donors (Lipinski definition) is 2. The van der Waals surface area contributed by atoms with E-state index in [1.165, 1.54) is 23.4 Å². The molecule has 0 bridgehead atoms. The van der Waals surface area contributed by atoms with Gasteiger partial charge in [0.1, 0.15) is 0 Å². The topological polar surface area (TPSA) is 54.0 Å². The van der Waals surface area contributed by atoms with Gasteiger partial charge in [0.25, 0.3) is 0 Å². The zero-order valence-electron chi connectivity index (χ0n) is 11.1. The third-order valence-electron chi connectivity index (χ3n) is 3.00. The summed E-state index contributed by atoms with van der Waals surface area (Å²) >= 11 is 1.64. The average molecular weight is 267 g/mol. The fourth-order valence-electron chi connectivity index (χ4n) is 2.06. The van der Waals surface area contributed by atoms with Crippen LogP contribution in [-0.4, -0.2) is 23.5 Å². The van der Waals surface area contributed by atoms with Crippen molar-refractivity contribution in [1.82, 2.24) is 10.3 Å². The van der Waals surface area contributed by atoms with Crippen LogP contribution in [0.25, 0.3) is 0 Å². The third kappa shape index (κ3) is 3.78. The summed E-state index contributed by atoms with van der Waals surface area (Å²) in [6.07, 6.45) is 5.17. The maximum absolute atomic E-state index is 11.7. The maximum Gasteiger partial charge on any atom is 0.227 e. The molecular weight excluding hydrogens is 246 g/mol. The van der Waals surface area contributed by atoms with Crippen LogP contribution in [0.15, 0.2) is 0 Å². The van der Waals surface area contributed by atoms with Gasteiger partial charge in [-0.05, 0) is 25.7 Å². The molecule has 0 unspecified atom stereocenters. The highest BCUT2D eigenvalue weighted by Crippen LogP contribution is 2.29. The quantitative estimate of drug-likeness (QED) is 0.861. The highest BCUT2D eigenvalue weighted by Gasteiger charge is 2.16. The zero-order valence-corrected chi connectivity index (χ0v) is 11.9. The van der Waals surface area contributed by atoms with Crippen LogP contribution >= 0.6 is 11.3 Å². The van der Waals surface area contributed by atoms with Crippen LogP contribution in [-0.2, 0) is 17.6 Å². The minimum absolute atomic E-state index is 0.0502. The molecular formula is C13H21N3OS. The molecule has 2 rings (SSSR count). The van der Waals surface area contributed by atoms with E-state index in [1.807, 2.05) is 0 Å². The number of fused-ring (bicyclic) bond motifs is 1. The number of hydrogen-bond acceptors (Lipinski definition) is 4. The van der Waals surface area contributed by atoms with Crippen molar-refractivity contribution >= 4 is 22.4 Å². The summed E-state index contributed by atoms with van der Waals surface area (Å²) in [4.78, 5) is 17.6. The highest BCUT2D eigenvalue weighted by molar-refractivity contribution is 7.15. The molecule has 2 N–H and O–H groups in total. The summed E-state index contributed by atoms with van der Waals surface area (Å²) in [6, 6.07) is 0.421. The van der Waals surface area contributed by atoms with Gasteiger partial charge in [0.05, 0.1) is 5.69 Å². The van der Waals surface area contributed by atoms with Crippen LogP contribution in [0.5, 0.6) is 0 Å². The lowest BCUT2D eigenvalue weighted by Gasteiger charge is -2.07. The van der Waals surface area contributed by atoms with E-state index in [1.54, 1.807) is 11.3 Å². The number of carbonyl (C=O) groups excluding carboxylic acids is 1. The van der Waals surface area contributed by atoms with Gasteiger partial charge in [-0.25, -0.2) is 4.98 Å². The first kappa shape index (κ1) is 13.5. The lowest BCUT2D eigenvalue weighted by Crippen LogP contribution is -2.27. The first-order valence-corrected chi connectivity index (χ1v) is 7.48. The van der Waals surface area contributed by atoms with E-state index in [0.717, 1.165) is 18.0 Å². The molecule has 1 amide bonds. The van der Waals surface area contributed by atoms with Crippen molar-refractivity contribution in [2.45, 2.75) is 52.0 Å². The number of aromatic nitrogens is 1. The molecule has 0 aliphatic heterocycles. The molecule has 1 aliphatic rings. The number of thiazole rings is 1. The van der Waals surface area contributed by atoms with Crippen molar-refractivity contribution in [1.29, 1.82) is 0 Å². The molecule has 4 nitrogen and oxygen atoms in total. The molecule has 0 fully saturated rings. The van der Waals surface area contributed by atoms with E-state index in [4.69, 9.17) is 0 Å². The highest BCUT2D eigenvalue weighted by atomic mass is 32.1. The van der Waals surface area contributed by atoms with Gasteiger partial charge in [0.2, 0.25) is 5.91 Å². The van der Waals surface area contributed by atoms with E-state index in [-0.39, 0.29) is 5.91 Å². The number of anilines is 1. The smallest absolute Gasteiger partial charge is 0.227 e. The van der Waals surface area contributed by atoms with Gasteiger partial charge in [-0.2, -0.15) is 0 Å². The van der Waals surface area contributed by atoms with Crippen LogP contribution in [0.4, 0.5) is 5.13 Å². The molecule has 0 aromatic carbocycles. The predicted molar refractivity (Wildman–Crippen MR) is 75.1 cm³/mol. The summed E-state index contributed by atoms with van der Waals surface area (Å²) in [5, 5.41) is 6.91. The number of carbonyl (C=O) groups is 1. The van der Waals surface area contributed by atoms with Gasteiger partial charge in [0, 0.05) is 23.9 Å². The van der Waals surface area contributed by atoms with Gasteiger partial charge < -0.3 is 10.6 Å². The van der Waals surface area contributed by atoms with Crippen LogP contribution in [0.2, 0.25) is 0 Å². The van der Waals surface area contributed by atoms with Crippen molar-refractivity contribution in [3.63, 3.8) is 0 Å². The van der Waals surface area contributed by atoms with E-state index >= 15 is 0 Å². The van der Waals surface area contributed by atoms with Gasteiger partial charge in [-0.3, -0.25) is 4.79 Å². The summed E-state index contributed by atoms with van der Waals surface area (Å²) in [6.45, 7) is 4.87. The Kier molecular flexibility index (Phi) is 4.72. The standard InChI is InChI=1S/C13H21N3OS/c1-9(2)14-8-7-12(17)16-13-15-10-5-3-4-6-11(10)18-13/h9,14H,3-8H2,1-2H3,(H,15,16,17). The fourth-order valence-corrected chi connectivity index (χ4v) is 3.13. The zero-order chi connectivity index (χ0) is 13.0. The molecule has 0 saturated carbocycles. The fraction of sp³-hybridized carbons (Fsp3) is 0.692. The average Bonchev–Trinajstić information content (AvgIpc) is 2.70. The van der Waals surface area contributed by atoms with E-state index in [2.05, 4.69) is 29.5 Å². The van der Waals surface area contributed by atoms with E-state index < -0.39 is 0 Å². The molecule has 1 heterocycles. The molecule has 0 atom stereocenters. The summed E-state index contributed by atoms with van der Waals surface area (Å²) in [5.41, 5.74) is 1.20. The molecule has 0 saturated heterocycles. The Hall–Kier alpha value is -0.940. The van der Waals surface area contributed by atoms with Crippen molar-refractivity contribution in [3.05, 3.63) is 10.6 Å². The predicted octanol–water partition coefficient (Wildman–Crippen LogP) is 2.35. The minimum atomic E-state index is 0.0502. The van der Waals surface area contributed by atoms with Gasteiger partial charge >= 0.3 is 0 Å². The third-order valence-corrected chi connectivity index (χ3v) is 4.07. The number of nitrogens with one attached hydrogen (secondary N) is 2. The normalized spacial score (nSPS) is 14.6. The monoisotopic (exact) mass is 267 g/mol. The molecule has 5 heteroatoms. The molecule has 0 spiro atoms. The molecule has 1 aliphatic carbocycles. The van der Waals surface area contributed by atoms with Crippen molar-refractivity contribution in [2.24, 2.45) is 0 Å². The van der Waals surface area contributed by atoms with Crippen molar-refractivity contribution in [3.8, 4) is 0 Å². The van der Waals surface area contributed by atoms with Crippen LogP contribution in [0.3, 0.4) is 0 Å². The summed E-state index contributed by atoms with van der Waals surface area (Å²) < 4.78 is 0. The van der Waals surface area contributed by atoms with Gasteiger partial charge in [-0.1, -0.05) is 13.8 Å². The number of rotatable bonds is 5. The Morgan fingerprint density at radius 2 is 2.17 bits per heavy atom. The Labute approximate surface area is 112 Å². The van der Waals surface area contributed by atoms with Gasteiger partial charge in [-0.15, -0.1) is 11.3 Å². The molecule has 1 aromatic heterocycles. The first-order valence-electron chi connectivity index (χ1n) is 6.67. The number of amides is 1. The second-order valence-corrected chi connectivity index (χ2v) is 6.09. The van der Waals surface area contributed by atoms with E-state index in [9.17, 15) is 4.79 Å².